The minimum Gasteiger partial charge on any atom is -0.491 e. The summed E-state index contributed by atoms with van der Waals surface area (Å²) in [6.07, 6.45) is 0.861. The van der Waals surface area contributed by atoms with Crippen LogP contribution in [0.2, 0.25) is 0 Å². The molecule has 0 amide bonds. The molecule has 7 nitrogen and oxygen atoms in total. The largest absolute Gasteiger partial charge is 0.491 e. The van der Waals surface area contributed by atoms with E-state index in [1.165, 1.54) is 17.6 Å². The minimum atomic E-state index is -0.346. The number of benzene rings is 1. The van der Waals surface area contributed by atoms with Crippen molar-refractivity contribution in [1.29, 1.82) is 0 Å². The van der Waals surface area contributed by atoms with Crippen molar-refractivity contribution in [2.24, 2.45) is 4.99 Å². The van der Waals surface area contributed by atoms with Crippen molar-refractivity contribution in [1.82, 2.24) is 19.6 Å². The van der Waals surface area contributed by atoms with E-state index in [9.17, 15) is 4.39 Å². The molecule has 1 saturated heterocycles. The van der Waals surface area contributed by atoms with Gasteiger partial charge in [-0.05, 0) is 31.5 Å². The number of nitrogens with zero attached hydrogens (tertiary/aromatic N) is 5. The number of hydrogen-bond donors (Lipinski definition) is 1. The fraction of sp³-hybridized carbons (Fsp3) is 0.550. The smallest absolute Gasteiger partial charge is 0.205 e. The van der Waals surface area contributed by atoms with Crippen molar-refractivity contribution in [2.75, 3.05) is 44.2 Å². The Hall–Kier alpha value is -1.69. The van der Waals surface area contributed by atoms with Gasteiger partial charge in [-0.15, -0.1) is 24.0 Å². The van der Waals surface area contributed by atoms with Gasteiger partial charge in [-0.3, -0.25) is 0 Å². The third kappa shape index (κ3) is 6.40. The Morgan fingerprint density at radius 2 is 2.00 bits per heavy atom. The number of piperazine rings is 1. The lowest BCUT2D eigenvalue weighted by molar-refractivity contribution is 0.321. The molecule has 0 saturated carbocycles. The lowest BCUT2D eigenvalue weighted by Gasteiger charge is -2.36. The molecule has 0 unspecified atom stereocenters. The monoisotopic (exact) mass is 548 g/mol. The molecule has 1 aliphatic rings. The van der Waals surface area contributed by atoms with Crippen LogP contribution in [0, 0.1) is 5.82 Å². The van der Waals surface area contributed by atoms with E-state index >= 15 is 0 Å². The van der Waals surface area contributed by atoms with Crippen LogP contribution in [-0.2, 0) is 13.0 Å². The van der Waals surface area contributed by atoms with Gasteiger partial charge in [0.05, 0.1) is 13.2 Å². The van der Waals surface area contributed by atoms with Gasteiger partial charge in [0.25, 0.3) is 0 Å². The van der Waals surface area contributed by atoms with Crippen molar-refractivity contribution in [3.63, 3.8) is 0 Å². The van der Waals surface area contributed by atoms with Crippen LogP contribution in [0.3, 0.4) is 0 Å². The van der Waals surface area contributed by atoms with Gasteiger partial charge in [0.15, 0.2) is 17.5 Å². The number of ether oxygens (including phenoxy) is 1. The van der Waals surface area contributed by atoms with E-state index in [4.69, 9.17) is 9.73 Å². The molecule has 166 valence electrons. The van der Waals surface area contributed by atoms with Crippen LogP contribution in [0.15, 0.2) is 23.2 Å². The first kappa shape index (κ1) is 24.6. The molecule has 3 rings (SSSR count). The standard InChI is InChI=1S/C20H29FN6OS.HI/c1-4-18-24-20(29-25-18)27-11-9-26(10-12-27)19(22-5-2)23-14-15-7-8-17(28-6-3)16(21)13-15;/h7-8,13H,4-6,9-12,14H2,1-3H3,(H,22,23);1H. The zero-order valence-electron chi connectivity index (χ0n) is 17.7. The van der Waals surface area contributed by atoms with E-state index in [1.54, 1.807) is 6.07 Å². The number of aryl methyl sites for hydroxylation is 1. The molecule has 0 radical (unpaired) electrons. The molecule has 0 bridgehead atoms. The van der Waals surface area contributed by atoms with E-state index in [-0.39, 0.29) is 35.5 Å². The number of aliphatic imine (C=N–C) groups is 1. The number of halogens is 2. The van der Waals surface area contributed by atoms with E-state index < -0.39 is 0 Å². The van der Waals surface area contributed by atoms with Crippen molar-refractivity contribution < 1.29 is 9.13 Å². The summed E-state index contributed by atoms with van der Waals surface area (Å²) >= 11 is 1.47. The van der Waals surface area contributed by atoms with Gasteiger partial charge in [0.1, 0.15) is 5.82 Å². The molecule has 1 N–H and O–H groups in total. The molecule has 1 aromatic carbocycles. The van der Waals surface area contributed by atoms with Crippen LogP contribution < -0.4 is 15.0 Å². The van der Waals surface area contributed by atoms with E-state index in [2.05, 4.69) is 38.3 Å². The second-order valence-electron chi connectivity index (χ2n) is 6.69. The van der Waals surface area contributed by atoms with Crippen LogP contribution in [-0.4, -0.2) is 59.5 Å². The molecule has 1 fully saturated rings. The molecule has 1 aromatic heterocycles. The molecule has 2 heterocycles. The normalized spacial score (nSPS) is 14.5. The van der Waals surface area contributed by atoms with Crippen molar-refractivity contribution >= 4 is 46.6 Å². The number of nitrogens with one attached hydrogen (secondary N) is 1. The molecule has 0 aliphatic carbocycles. The highest BCUT2D eigenvalue weighted by atomic mass is 127. The number of aromatic nitrogens is 2. The van der Waals surface area contributed by atoms with Crippen molar-refractivity contribution in [3.05, 3.63) is 35.4 Å². The summed E-state index contributed by atoms with van der Waals surface area (Å²) in [7, 11) is 0. The van der Waals surface area contributed by atoms with Gasteiger partial charge in [-0.2, -0.15) is 4.37 Å². The first-order valence-electron chi connectivity index (χ1n) is 10.2. The highest BCUT2D eigenvalue weighted by Crippen LogP contribution is 2.20. The third-order valence-electron chi connectivity index (χ3n) is 4.67. The zero-order valence-corrected chi connectivity index (χ0v) is 20.9. The first-order chi connectivity index (χ1) is 14.1. The Bertz CT molecular complexity index is 825. The minimum absolute atomic E-state index is 0. The summed E-state index contributed by atoms with van der Waals surface area (Å²) < 4.78 is 23.7. The Morgan fingerprint density at radius 1 is 1.23 bits per heavy atom. The Morgan fingerprint density at radius 3 is 2.60 bits per heavy atom. The van der Waals surface area contributed by atoms with Gasteiger partial charge in [0, 0.05) is 50.7 Å². The van der Waals surface area contributed by atoms with E-state index in [0.717, 1.165) is 61.6 Å². The molecule has 2 aromatic rings. The van der Waals surface area contributed by atoms with Crippen molar-refractivity contribution in [2.45, 2.75) is 33.7 Å². The Balaban J connectivity index is 0.00000320. The summed E-state index contributed by atoms with van der Waals surface area (Å²) in [6.45, 7) is 11.1. The summed E-state index contributed by atoms with van der Waals surface area (Å²) in [5, 5.41) is 4.34. The van der Waals surface area contributed by atoms with Crippen LogP contribution in [0.5, 0.6) is 5.75 Å². The number of hydrogen-bond acceptors (Lipinski definition) is 6. The Kier molecular flexibility index (Phi) is 10.0. The number of anilines is 1. The average Bonchev–Trinajstić information content (AvgIpc) is 3.22. The van der Waals surface area contributed by atoms with Crippen LogP contribution >= 0.6 is 35.5 Å². The van der Waals surface area contributed by atoms with Gasteiger partial charge >= 0.3 is 0 Å². The highest BCUT2D eigenvalue weighted by Gasteiger charge is 2.22. The second-order valence-corrected chi connectivity index (χ2v) is 7.42. The molecule has 0 spiro atoms. The van der Waals surface area contributed by atoms with Gasteiger partial charge in [-0.1, -0.05) is 13.0 Å². The third-order valence-corrected chi connectivity index (χ3v) is 5.48. The molecular weight excluding hydrogens is 518 g/mol. The number of rotatable bonds is 7. The molecule has 30 heavy (non-hydrogen) atoms. The molecule has 1 aliphatic heterocycles. The predicted octanol–water partition coefficient (Wildman–Crippen LogP) is 3.54. The maximum Gasteiger partial charge on any atom is 0.205 e. The van der Waals surface area contributed by atoms with E-state index in [1.807, 2.05) is 13.0 Å². The summed E-state index contributed by atoms with van der Waals surface area (Å²) in [5.74, 6) is 1.70. The number of guanidine groups is 1. The Labute approximate surface area is 198 Å². The van der Waals surface area contributed by atoms with Crippen LogP contribution in [0.4, 0.5) is 9.52 Å². The average molecular weight is 548 g/mol. The lowest BCUT2D eigenvalue weighted by Crippen LogP contribution is -2.52. The maximum atomic E-state index is 14.1. The fourth-order valence-corrected chi connectivity index (χ4v) is 3.93. The summed E-state index contributed by atoms with van der Waals surface area (Å²) in [5.41, 5.74) is 0.820. The van der Waals surface area contributed by atoms with Gasteiger partial charge in [-0.25, -0.2) is 14.4 Å². The topological polar surface area (TPSA) is 65.9 Å². The lowest BCUT2D eigenvalue weighted by atomic mass is 10.2. The quantitative estimate of drug-likeness (QED) is 0.325. The summed E-state index contributed by atoms with van der Waals surface area (Å²) in [6, 6.07) is 5.03. The summed E-state index contributed by atoms with van der Waals surface area (Å²) in [4.78, 5) is 13.8. The van der Waals surface area contributed by atoms with E-state index in [0.29, 0.717) is 13.2 Å². The highest BCUT2D eigenvalue weighted by molar-refractivity contribution is 14.0. The SMILES string of the molecule is CCNC(=NCc1ccc(OCC)c(F)c1)N1CCN(c2nc(CC)ns2)CC1.I. The van der Waals surface area contributed by atoms with Crippen LogP contribution in [0.25, 0.3) is 0 Å². The predicted molar refractivity (Wildman–Crippen MR) is 131 cm³/mol. The van der Waals surface area contributed by atoms with Crippen LogP contribution in [0.1, 0.15) is 32.2 Å². The molecular formula is C20H30FIN6OS. The fourth-order valence-electron chi connectivity index (χ4n) is 3.13. The van der Waals surface area contributed by atoms with Gasteiger partial charge in [0.2, 0.25) is 5.13 Å². The zero-order chi connectivity index (χ0) is 20.6. The maximum absolute atomic E-state index is 14.1. The first-order valence-corrected chi connectivity index (χ1v) is 10.9. The van der Waals surface area contributed by atoms with Gasteiger partial charge < -0.3 is 19.9 Å². The second kappa shape index (κ2) is 12.2. The molecule has 10 heteroatoms. The molecule has 0 atom stereocenters. The van der Waals surface area contributed by atoms with Crippen molar-refractivity contribution in [3.8, 4) is 5.75 Å².